The fourth-order valence-electron chi connectivity index (χ4n) is 1.80. The number of nitrogens with one attached hydrogen (secondary N) is 2. The Morgan fingerprint density at radius 3 is 3.07 bits per heavy atom. The molecular formula is C10H20N2O2. The van der Waals surface area contributed by atoms with Gasteiger partial charge in [0.05, 0.1) is 6.61 Å². The topological polar surface area (TPSA) is 61.4 Å². The molecule has 1 fully saturated rings. The fraction of sp³-hybridized carbons (Fsp3) is 0.900. The maximum Gasteiger partial charge on any atom is 0.220 e. The maximum absolute atomic E-state index is 11.1. The van der Waals surface area contributed by atoms with Gasteiger partial charge in [-0.1, -0.05) is 0 Å². The number of amides is 1. The van der Waals surface area contributed by atoms with Gasteiger partial charge in [-0.15, -0.1) is 0 Å². The Hall–Kier alpha value is -0.610. The van der Waals surface area contributed by atoms with Gasteiger partial charge in [0.25, 0.3) is 0 Å². The first-order valence-corrected chi connectivity index (χ1v) is 5.41. The van der Waals surface area contributed by atoms with E-state index in [-0.39, 0.29) is 12.5 Å². The fourth-order valence-corrected chi connectivity index (χ4v) is 1.80. The monoisotopic (exact) mass is 200 g/mol. The average molecular weight is 200 g/mol. The summed E-state index contributed by atoms with van der Waals surface area (Å²) < 4.78 is 0. The Morgan fingerprint density at radius 1 is 1.57 bits per heavy atom. The molecule has 3 N–H and O–H groups in total. The van der Waals surface area contributed by atoms with Crippen molar-refractivity contribution in [1.82, 2.24) is 10.6 Å². The lowest BCUT2D eigenvalue weighted by atomic mass is 10.0. The molecule has 0 saturated carbocycles. The number of hydrogen-bond donors (Lipinski definition) is 3. The van der Waals surface area contributed by atoms with Crippen LogP contribution in [0.2, 0.25) is 0 Å². The highest BCUT2D eigenvalue weighted by atomic mass is 16.3. The predicted molar refractivity (Wildman–Crippen MR) is 54.9 cm³/mol. The number of carbonyl (C=O) groups is 1. The molecule has 0 aromatic carbocycles. The zero-order chi connectivity index (χ0) is 10.2. The quantitative estimate of drug-likeness (QED) is 0.560. The van der Waals surface area contributed by atoms with E-state index in [4.69, 9.17) is 5.11 Å². The van der Waals surface area contributed by atoms with Crippen molar-refractivity contribution in [1.29, 1.82) is 0 Å². The molecule has 1 aliphatic rings. The molecule has 4 heteroatoms. The van der Waals surface area contributed by atoms with Crippen molar-refractivity contribution in [3.05, 3.63) is 0 Å². The zero-order valence-electron chi connectivity index (χ0n) is 8.59. The minimum Gasteiger partial charge on any atom is -0.395 e. The maximum atomic E-state index is 11.1. The van der Waals surface area contributed by atoms with E-state index >= 15 is 0 Å². The molecule has 1 heterocycles. The normalized spacial score (nSPS) is 21.1. The Morgan fingerprint density at radius 2 is 2.43 bits per heavy atom. The minimum absolute atomic E-state index is 0.0261. The lowest BCUT2D eigenvalue weighted by molar-refractivity contribution is -0.121. The molecule has 1 aliphatic heterocycles. The summed E-state index contributed by atoms with van der Waals surface area (Å²) in [5, 5.41) is 14.5. The molecule has 4 nitrogen and oxygen atoms in total. The highest BCUT2D eigenvalue weighted by Gasteiger charge is 2.14. The van der Waals surface area contributed by atoms with Crippen LogP contribution in [-0.4, -0.2) is 37.3 Å². The van der Waals surface area contributed by atoms with Crippen LogP contribution in [0.5, 0.6) is 0 Å². The van der Waals surface area contributed by atoms with E-state index in [0.29, 0.717) is 13.0 Å². The SMILES string of the molecule is O=C(CCCC1CCNC1)NCCO. The van der Waals surface area contributed by atoms with Crippen molar-refractivity contribution in [3.8, 4) is 0 Å². The largest absolute Gasteiger partial charge is 0.395 e. The first-order chi connectivity index (χ1) is 6.83. The molecule has 1 amide bonds. The number of aliphatic hydroxyl groups is 1. The summed E-state index contributed by atoms with van der Waals surface area (Å²) in [5.41, 5.74) is 0. The standard InChI is InChI=1S/C10H20N2O2/c13-7-6-12-10(14)3-1-2-9-4-5-11-8-9/h9,11,13H,1-8H2,(H,12,14). The van der Waals surface area contributed by atoms with Gasteiger partial charge in [-0.2, -0.15) is 0 Å². The van der Waals surface area contributed by atoms with Crippen molar-refractivity contribution < 1.29 is 9.90 Å². The van der Waals surface area contributed by atoms with Crippen LogP contribution in [0.3, 0.4) is 0 Å². The first-order valence-electron chi connectivity index (χ1n) is 5.41. The van der Waals surface area contributed by atoms with Gasteiger partial charge in [-0.3, -0.25) is 4.79 Å². The second kappa shape index (κ2) is 6.79. The molecule has 0 spiro atoms. The van der Waals surface area contributed by atoms with Crippen LogP contribution in [0.15, 0.2) is 0 Å². The van der Waals surface area contributed by atoms with E-state index in [1.807, 2.05) is 0 Å². The van der Waals surface area contributed by atoms with Gasteiger partial charge < -0.3 is 15.7 Å². The molecular weight excluding hydrogens is 180 g/mol. The summed E-state index contributed by atoms with van der Waals surface area (Å²) in [6.45, 7) is 2.64. The van der Waals surface area contributed by atoms with E-state index in [1.165, 1.54) is 6.42 Å². The van der Waals surface area contributed by atoms with Crippen LogP contribution < -0.4 is 10.6 Å². The van der Waals surface area contributed by atoms with Crippen molar-refractivity contribution in [2.45, 2.75) is 25.7 Å². The number of hydrogen-bond acceptors (Lipinski definition) is 3. The Kier molecular flexibility index (Phi) is 5.56. The summed E-state index contributed by atoms with van der Waals surface area (Å²) in [5.74, 6) is 0.825. The van der Waals surface area contributed by atoms with Gasteiger partial charge in [0.2, 0.25) is 5.91 Å². The summed E-state index contributed by atoms with van der Waals surface area (Å²) in [7, 11) is 0. The molecule has 0 aromatic heterocycles. The first kappa shape index (κ1) is 11.5. The lowest BCUT2D eigenvalue weighted by Gasteiger charge is -2.07. The summed E-state index contributed by atoms with van der Waals surface area (Å²) in [6.07, 6.45) is 3.94. The molecule has 0 bridgehead atoms. The second-order valence-electron chi connectivity index (χ2n) is 3.82. The molecule has 1 rings (SSSR count). The van der Waals surface area contributed by atoms with Gasteiger partial charge >= 0.3 is 0 Å². The van der Waals surface area contributed by atoms with Gasteiger partial charge in [-0.05, 0) is 38.3 Å². The van der Waals surface area contributed by atoms with Crippen LogP contribution in [0.25, 0.3) is 0 Å². The van der Waals surface area contributed by atoms with Crippen LogP contribution >= 0.6 is 0 Å². The Labute approximate surface area is 85.1 Å². The highest BCUT2D eigenvalue weighted by Crippen LogP contribution is 2.15. The molecule has 1 saturated heterocycles. The third kappa shape index (κ3) is 4.58. The molecule has 14 heavy (non-hydrogen) atoms. The van der Waals surface area contributed by atoms with Crippen molar-refractivity contribution >= 4 is 5.91 Å². The van der Waals surface area contributed by atoms with Crippen LogP contribution in [0.1, 0.15) is 25.7 Å². The predicted octanol–water partition coefficient (Wildman–Crippen LogP) is -0.125. The van der Waals surface area contributed by atoms with Gasteiger partial charge in [-0.25, -0.2) is 0 Å². The average Bonchev–Trinajstić information content (AvgIpc) is 2.67. The molecule has 1 unspecified atom stereocenters. The Bertz CT molecular complexity index is 168. The minimum atomic E-state index is 0.0261. The smallest absolute Gasteiger partial charge is 0.220 e. The molecule has 1 atom stereocenters. The zero-order valence-corrected chi connectivity index (χ0v) is 8.59. The van der Waals surface area contributed by atoms with E-state index in [9.17, 15) is 4.79 Å². The van der Waals surface area contributed by atoms with Crippen molar-refractivity contribution in [2.75, 3.05) is 26.2 Å². The van der Waals surface area contributed by atoms with Gasteiger partial charge in [0.15, 0.2) is 0 Å². The lowest BCUT2D eigenvalue weighted by Crippen LogP contribution is -2.26. The third-order valence-corrected chi connectivity index (χ3v) is 2.61. The number of rotatable bonds is 6. The number of aliphatic hydroxyl groups excluding tert-OH is 1. The van der Waals surface area contributed by atoms with Gasteiger partial charge in [0, 0.05) is 13.0 Å². The van der Waals surface area contributed by atoms with Crippen LogP contribution in [0, 0.1) is 5.92 Å². The third-order valence-electron chi connectivity index (χ3n) is 2.61. The van der Waals surface area contributed by atoms with E-state index in [2.05, 4.69) is 10.6 Å². The second-order valence-corrected chi connectivity index (χ2v) is 3.82. The van der Waals surface area contributed by atoms with Crippen molar-refractivity contribution in [3.63, 3.8) is 0 Å². The summed E-state index contributed by atoms with van der Waals surface area (Å²) in [4.78, 5) is 11.1. The van der Waals surface area contributed by atoms with E-state index < -0.39 is 0 Å². The summed E-state index contributed by atoms with van der Waals surface area (Å²) in [6, 6.07) is 0. The summed E-state index contributed by atoms with van der Waals surface area (Å²) >= 11 is 0. The molecule has 0 aromatic rings. The molecule has 0 radical (unpaired) electrons. The van der Waals surface area contributed by atoms with Crippen LogP contribution in [-0.2, 0) is 4.79 Å². The Balaban J connectivity index is 1.94. The number of carbonyl (C=O) groups excluding carboxylic acids is 1. The van der Waals surface area contributed by atoms with Crippen LogP contribution in [0.4, 0.5) is 0 Å². The highest BCUT2D eigenvalue weighted by molar-refractivity contribution is 5.75. The van der Waals surface area contributed by atoms with E-state index in [0.717, 1.165) is 31.8 Å². The molecule has 0 aliphatic carbocycles. The molecule has 82 valence electrons. The van der Waals surface area contributed by atoms with E-state index in [1.54, 1.807) is 0 Å². The van der Waals surface area contributed by atoms with Crippen molar-refractivity contribution in [2.24, 2.45) is 5.92 Å². The van der Waals surface area contributed by atoms with Gasteiger partial charge in [0.1, 0.15) is 0 Å².